The van der Waals surface area contributed by atoms with Gasteiger partial charge in [0.1, 0.15) is 11.2 Å². The number of furan rings is 1. The van der Waals surface area contributed by atoms with Gasteiger partial charge in [0.05, 0.1) is 0 Å². The van der Waals surface area contributed by atoms with Gasteiger partial charge in [-0.2, -0.15) is 0 Å². The van der Waals surface area contributed by atoms with Crippen molar-refractivity contribution in [3.8, 4) is 45.3 Å². The van der Waals surface area contributed by atoms with Crippen LogP contribution in [-0.4, -0.2) is 15.0 Å². The predicted molar refractivity (Wildman–Crippen MR) is 395 cm³/mol. The van der Waals surface area contributed by atoms with E-state index in [1.165, 1.54) is 89.2 Å². The second kappa shape index (κ2) is 24.7. The van der Waals surface area contributed by atoms with Crippen LogP contribution in [-0.2, 0) is 0 Å². The number of aromatic nitrogens is 3. The number of halogens is 4. The van der Waals surface area contributed by atoms with Crippen molar-refractivity contribution in [2.24, 2.45) is 0 Å². The van der Waals surface area contributed by atoms with Crippen molar-refractivity contribution in [3.63, 3.8) is 0 Å². The molecule has 424 valence electrons. The van der Waals surface area contributed by atoms with E-state index in [1.54, 1.807) is 0 Å². The first-order valence-corrected chi connectivity index (χ1v) is 33.7. The third-order valence-electron chi connectivity index (χ3n) is 15.9. The van der Waals surface area contributed by atoms with Gasteiger partial charge < -0.3 is 4.42 Å². The molecule has 0 saturated carbocycles. The number of thiophene rings is 2. The highest BCUT2D eigenvalue weighted by Crippen LogP contribution is 2.41. The van der Waals surface area contributed by atoms with E-state index in [2.05, 4.69) is 252 Å². The lowest BCUT2D eigenvalue weighted by Crippen LogP contribution is -2.00. The third kappa shape index (κ3) is 11.7. The third-order valence-corrected chi connectivity index (χ3v) is 20.3. The molecule has 0 saturated heterocycles. The Morgan fingerprint density at radius 2 is 0.674 bits per heavy atom. The Morgan fingerprint density at radius 1 is 0.247 bits per heavy atom. The number of benzene rings is 14. The van der Waals surface area contributed by atoms with Gasteiger partial charge in [0.2, 0.25) is 0 Å². The molecule has 0 unspecified atom stereocenters. The topological polar surface area (TPSA) is 51.8 Å². The van der Waals surface area contributed by atoms with Crippen LogP contribution in [0.4, 0.5) is 0 Å². The lowest BCUT2D eigenvalue weighted by molar-refractivity contribution is 0.669. The Labute approximate surface area is 554 Å². The van der Waals surface area contributed by atoms with Gasteiger partial charge in [-0.05, 0) is 157 Å². The molecule has 18 rings (SSSR count). The highest BCUT2D eigenvalue weighted by Gasteiger charge is 2.16. The average Bonchev–Trinajstić information content (AvgIpc) is 2.12. The van der Waals surface area contributed by atoms with Crippen LogP contribution in [0.5, 0.6) is 0 Å². The van der Waals surface area contributed by atoms with Crippen molar-refractivity contribution in [1.29, 1.82) is 0 Å². The second-order valence-electron chi connectivity index (χ2n) is 21.6. The molecule has 4 nitrogen and oxygen atoms in total. The van der Waals surface area contributed by atoms with Gasteiger partial charge in [-0.3, -0.25) is 0 Å². The second-order valence-corrected chi connectivity index (χ2v) is 27.3. The zero-order valence-electron chi connectivity index (χ0n) is 47.2. The predicted octanol–water partition coefficient (Wildman–Crippen LogP) is 25.9. The molecule has 89 heavy (non-hydrogen) atoms. The van der Waals surface area contributed by atoms with E-state index in [-0.39, 0.29) is 0 Å². The molecule has 0 bridgehead atoms. The Kier molecular flexibility index (Phi) is 15.8. The first kappa shape index (κ1) is 56.8. The first-order chi connectivity index (χ1) is 43.7. The molecule has 4 heterocycles. The molecule has 10 heteroatoms. The van der Waals surface area contributed by atoms with Crippen LogP contribution >= 0.6 is 86.4 Å². The molecule has 0 aliphatic carbocycles. The first-order valence-electron chi connectivity index (χ1n) is 28.9. The van der Waals surface area contributed by atoms with Crippen LogP contribution in [0, 0.1) is 0 Å². The van der Waals surface area contributed by atoms with Gasteiger partial charge in [0.15, 0.2) is 17.5 Å². The minimum atomic E-state index is 0.668. The number of hydrogen-bond acceptors (Lipinski definition) is 6. The summed E-state index contributed by atoms with van der Waals surface area (Å²) in [6.45, 7) is 0. The Bertz CT molecular complexity index is 5500. The van der Waals surface area contributed by atoms with Crippen LogP contribution in [0.1, 0.15) is 0 Å². The molecule has 0 aliphatic rings. The maximum atomic E-state index is 5.89. The van der Waals surface area contributed by atoms with Crippen molar-refractivity contribution >= 4 is 192 Å². The molecule has 0 amide bonds. The summed E-state index contributed by atoms with van der Waals surface area (Å²) in [5.41, 5.74) is 7.30. The largest absolute Gasteiger partial charge is 0.456 e. The SMILES string of the molecule is Brc1ccc2oc3cc4ccccc4cc3c2c1.Brc1ccc2sc3cc4ccccc4cc3c2c1.Brc1cccc(-c2ccc3sc4cc5ccccc5cc4c3c2)c1.Brc1cccc2c(-c3nc(-c4ccccc4)nc(-c4ccccc4)n3)cccc12. The van der Waals surface area contributed by atoms with E-state index < -0.39 is 0 Å². The van der Waals surface area contributed by atoms with Gasteiger partial charge in [0, 0.05) is 85.7 Å². The Hall–Kier alpha value is -8.71. The quantitative estimate of drug-likeness (QED) is 0.176. The molecule has 14 aromatic carbocycles. The summed E-state index contributed by atoms with van der Waals surface area (Å²) in [7, 11) is 0. The van der Waals surface area contributed by atoms with Gasteiger partial charge in [-0.1, -0.05) is 246 Å². The lowest BCUT2D eigenvalue weighted by atomic mass is 10.0. The summed E-state index contributed by atoms with van der Waals surface area (Å²) in [4.78, 5) is 14.4. The number of nitrogens with zero attached hydrogens (tertiary/aromatic N) is 3. The fraction of sp³-hybridized carbons (Fsp3) is 0. The number of fused-ring (bicyclic) bond motifs is 13. The maximum Gasteiger partial charge on any atom is 0.164 e. The van der Waals surface area contributed by atoms with Crippen LogP contribution in [0.15, 0.2) is 307 Å². The molecule has 0 fully saturated rings. The smallest absolute Gasteiger partial charge is 0.164 e. The maximum absolute atomic E-state index is 5.89. The molecule has 0 spiro atoms. The standard InChI is InChI=1S/C25H16BrN3.C22H13BrS.C16H9BrO.C16H9BrS/c26-22-16-8-13-19-20(22)14-7-15-21(19)25-28-23(17-9-3-1-4-10-17)27-24(29-25)18-11-5-2-6-12-18;23-18-7-3-6-14(10-18)17-8-9-21-19(12-17)20-11-15-4-1-2-5-16(15)13-22(20)24-21;2*17-12-5-6-15-14(9-12)13-7-10-3-1-2-4-11(10)8-16(13)18-15/h1-16H;1-13H;2*1-9H. The molecule has 4 aromatic heterocycles. The fourth-order valence-corrected chi connectivity index (χ4v) is 15.4. The Balaban J connectivity index is 0.000000101. The van der Waals surface area contributed by atoms with Crippen molar-refractivity contribution in [2.45, 2.75) is 0 Å². The van der Waals surface area contributed by atoms with E-state index in [0.717, 1.165) is 61.9 Å². The summed E-state index contributed by atoms with van der Waals surface area (Å²) in [5, 5.41) is 17.7. The van der Waals surface area contributed by atoms with E-state index in [0.29, 0.717) is 17.5 Å². The molecular weight excluding hydrogens is 1390 g/mol. The minimum Gasteiger partial charge on any atom is -0.456 e. The van der Waals surface area contributed by atoms with Crippen LogP contribution in [0.2, 0.25) is 0 Å². The molecule has 0 aliphatic heterocycles. The zero-order valence-corrected chi connectivity index (χ0v) is 55.2. The van der Waals surface area contributed by atoms with Gasteiger partial charge >= 0.3 is 0 Å². The highest BCUT2D eigenvalue weighted by molar-refractivity contribution is 9.11. The van der Waals surface area contributed by atoms with Gasteiger partial charge in [-0.25, -0.2) is 15.0 Å². The summed E-state index contributed by atoms with van der Waals surface area (Å²) in [6.07, 6.45) is 0. The molecule has 0 atom stereocenters. The highest BCUT2D eigenvalue weighted by atomic mass is 79.9. The number of rotatable bonds is 4. The Morgan fingerprint density at radius 3 is 1.28 bits per heavy atom. The van der Waals surface area contributed by atoms with Gasteiger partial charge in [0.25, 0.3) is 0 Å². The summed E-state index contributed by atoms with van der Waals surface area (Å²) in [6, 6.07) is 99.4. The molecule has 0 N–H and O–H groups in total. The minimum absolute atomic E-state index is 0.668. The van der Waals surface area contributed by atoms with Crippen LogP contribution in [0.3, 0.4) is 0 Å². The van der Waals surface area contributed by atoms with Gasteiger partial charge in [-0.15, -0.1) is 22.7 Å². The van der Waals surface area contributed by atoms with E-state index >= 15 is 0 Å². The fourth-order valence-electron chi connectivity index (χ4n) is 11.6. The molecular formula is C79H47Br4N3OS2. The number of hydrogen-bond donors (Lipinski definition) is 0. The molecule has 0 radical (unpaired) electrons. The summed E-state index contributed by atoms with van der Waals surface area (Å²) >= 11 is 18.0. The van der Waals surface area contributed by atoms with Crippen LogP contribution < -0.4 is 0 Å². The zero-order chi connectivity index (χ0) is 60.0. The summed E-state index contributed by atoms with van der Waals surface area (Å²) in [5.74, 6) is 2.00. The normalized spacial score (nSPS) is 11.4. The van der Waals surface area contributed by atoms with E-state index in [1.807, 2.05) is 120 Å². The summed E-state index contributed by atoms with van der Waals surface area (Å²) < 4.78 is 15.7. The van der Waals surface area contributed by atoms with Crippen molar-refractivity contribution in [3.05, 3.63) is 303 Å². The monoisotopic (exact) mass is 1430 g/mol. The van der Waals surface area contributed by atoms with Crippen molar-refractivity contribution < 1.29 is 4.42 Å². The van der Waals surface area contributed by atoms with E-state index in [4.69, 9.17) is 19.4 Å². The lowest BCUT2D eigenvalue weighted by Gasteiger charge is -2.10. The average molecular weight is 1440 g/mol. The van der Waals surface area contributed by atoms with Crippen molar-refractivity contribution in [1.82, 2.24) is 15.0 Å². The van der Waals surface area contributed by atoms with Crippen molar-refractivity contribution in [2.75, 3.05) is 0 Å². The van der Waals surface area contributed by atoms with Crippen LogP contribution in [0.25, 0.3) is 151 Å². The molecule has 18 aromatic rings. The van der Waals surface area contributed by atoms with E-state index in [9.17, 15) is 0 Å².